The summed E-state index contributed by atoms with van der Waals surface area (Å²) in [5.74, 6) is -0.973. The van der Waals surface area contributed by atoms with Crippen molar-refractivity contribution in [3.05, 3.63) is 53.1 Å². The van der Waals surface area contributed by atoms with E-state index >= 15 is 0 Å². The van der Waals surface area contributed by atoms with Crippen molar-refractivity contribution in [3.63, 3.8) is 0 Å². The predicted molar refractivity (Wildman–Crippen MR) is 78.6 cm³/mol. The number of hydrogen-bond acceptors (Lipinski definition) is 4. The summed E-state index contributed by atoms with van der Waals surface area (Å²) >= 11 is 0. The van der Waals surface area contributed by atoms with E-state index in [2.05, 4.69) is 9.97 Å². The van der Waals surface area contributed by atoms with Gasteiger partial charge in [0.1, 0.15) is 11.7 Å². The van der Waals surface area contributed by atoms with Crippen LogP contribution in [-0.2, 0) is 11.2 Å². The third kappa shape index (κ3) is 3.37. The van der Waals surface area contributed by atoms with Crippen LogP contribution in [0.1, 0.15) is 28.6 Å². The van der Waals surface area contributed by atoms with Crippen LogP contribution < -0.4 is 4.74 Å². The second kappa shape index (κ2) is 6.35. The van der Waals surface area contributed by atoms with Crippen molar-refractivity contribution in [2.24, 2.45) is 0 Å². The fourth-order valence-corrected chi connectivity index (χ4v) is 2.28. The molecule has 0 aliphatic carbocycles. The quantitative estimate of drug-likeness (QED) is 0.914. The van der Waals surface area contributed by atoms with Crippen LogP contribution in [0, 0.1) is 13.8 Å². The van der Waals surface area contributed by atoms with E-state index < -0.39 is 11.9 Å². The first kappa shape index (κ1) is 15.0. The first-order valence-corrected chi connectivity index (χ1v) is 6.67. The molecule has 0 spiro atoms. The molecule has 0 saturated heterocycles. The highest BCUT2D eigenvalue weighted by atomic mass is 16.5. The van der Waals surface area contributed by atoms with Crippen LogP contribution in [0.5, 0.6) is 5.75 Å². The molecule has 2 aromatic rings. The number of carboxylic acids is 1. The van der Waals surface area contributed by atoms with Crippen molar-refractivity contribution < 1.29 is 14.6 Å². The van der Waals surface area contributed by atoms with Gasteiger partial charge in [-0.15, -0.1) is 0 Å². The van der Waals surface area contributed by atoms with Crippen LogP contribution in [0.15, 0.2) is 30.5 Å². The summed E-state index contributed by atoms with van der Waals surface area (Å²) in [5.41, 5.74) is 2.70. The first-order valence-electron chi connectivity index (χ1n) is 6.67. The molecule has 0 fully saturated rings. The second-order valence-electron chi connectivity index (χ2n) is 4.89. The van der Waals surface area contributed by atoms with E-state index in [4.69, 9.17) is 4.74 Å². The Kier molecular flexibility index (Phi) is 4.52. The van der Waals surface area contributed by atoms with Crippen molar-refractivity contribution in [2.45, 2.75) is 26.2 Å². The molecule has 0 aliphatic rings. The highest BCUT2D eigenvalue weighted by molar-refractivity contribution is 5.76. The topological polar surface area (TPSA) is 72.3 Å². The predicted octanol–water partition coefficient (Wildman–Crippen LogP) is 2.51. The maximum atomic E-state index is 11.7. The number of nitrogens with zero attached hydrogens (tertiary/aromatic N) is 2. The number of benzene rings is 1. The zero-order valence-electron chi connectivity index (χ0n) is 12.3. The molecule has 1 N–H and O–H groups in total. The summed E-state index contributed by atoms with van der Waals surface area (Å²) in [6, 6.07) is 7.41. The lowest BCUT2D eigenvalue weighted by molar-refractivity contribution is -0.138. The summed E-state index contributed by atoms with van der Waals surface area (Å²) in [6.07, 6.45) is 1.96. The minimum Gasteiger partial charge on any atom is -0.496 e. The molecule has 0 bridgehead atoms. The third-order valence-electron chi connectivity index (χ3n) is 3.36. The monoisotopic (exact) mass is 286 g/mol. The van der Waals surface area contributed by atoms with Crippen molar-refractivity contribution in [1.82, 2.24) is 9.97 Å². The molecule has 1 unspecified atom stereocenters. The molecule has 2 rings (SSSR count). The zero-order chi connectivity index (χ0) is 15.4. The van der Waals surface area contributed by atoms with Crippen LogP contribution in [-0.4, -0.2) is 28.2 Å². The summed E-state index contributed by atoms with van der Waals surface area (Å²) in [4.78, 5) is 20.2. The molecule has 0 aliphatic heterocycles. The molecule has 0 radical (unpaired) electrons. The number of aliphatic carboxylic acids is 1. The Bertz CT molecular complexity index is 656. The molecule has 1 atom stereocenters. The molecule has 5 heteroatoms. The van der Waals surface area contributed by atoms with Gasteiger partial charge in [0.05, 0.1) is 24.2 Å². The number of rotatable bonds is 5. The molecular weight excluding hydrogens is 268 g/mol. The van der Waals surface area contributed by atoms with Gasteiger partial charge in [-0.05, 0) is 31.9 Å². The Labute approximate surface area is 123 Å². The Hall–Kier alpha value is -2.43. The molecule has 5 nitrogen and oxygen atoms in total. The summed E-state index contributed by atoms with van der Waals surface area (Å²) in [5, 5.41) is 9.56. The van der Waals surface area contributed by atoms with Crippen molar-refractivity contribution >= 4 is 5.97 Å². The highest BCUT2D eigenvalue weighted by Gasteiger charge is 2.25. The van der Waals surface area contributed by atoms with E-state index in [0.29, 0.717) is 29.3 Å². The van der Waals surface area contributed by atoms with Crippen LogP contribution >= 0.6 is 0 Å². The summed E-state index contributed by atoms with van der Waals surface area (Å²) < 4.78 is 5.29. The van der Waals surface area contributed by atoms with E-state index in [9.17, 15) is 9.90 Å². The summed E-state index contributed by atoms with van der Waals surface area (Å²) in [6.45, 7) is 3.58. The van der Waals surface area contributed by atoms with Crippen molar-refractivity contribution in [3.8, 4) is 5.75 Å². The minimum atomic E-state index is -0.913. The van der Waals surface area contributed by atoms with Gasteiger partial charge in [0.15, 0.2) is 0 Å². The maximum absolute atomic E-state index is 11.7. The van der Waals surface area contributed by atoms with Crippen molar-refractivity contribution in [1.29, 1.82) is 0 Å². The smallest absolute Gasteiger partial charge is 0.313 e. The number of ether oxygens (including phenoxy) is 1. The standard InChI is InChI=1S/C16H18N2O3/c1-10-9-17-11(2)15(18-10)13(16(19)20)8-12-6-4-5-7-14(12)21-3/h4-7,9,13H,8H2,1-3H3,(H,19,20). The van der Waals surface area contributed by atoms with Crippen LogP contribution in [0.3, 0.4) is 0 Å². The third-order valence-corrected chi connectivity index (χ3v) is 3.36. The molecule has 1 heterocycles. The van der Waals surface area contributed by atoms with Gasteiger partial charge in [-0.3, -0.25) is 14.8 Å². The average molecular weight is 286 g/mol. The minimum absolute atomic E-state index is 0.318. The second-order valence-corrected chi connectivity index (χ2v) is 4.89. The van der Waals surface area contributed by atoms with E-state index in [1.165, 1.54) is 0 Å². The number of aromatic nitrogens is 2. The van der Waals surface area contributed by atoms with Gasteiger partial charge in [-0.1, -0.05) is 18.2 Å². The molecule has 1 aromatic carbocycles. The molecule has 0 saturated carbocycles. The highest BCUT2D eigenvalue weighted by Crippen LogP contribution is 2.27. The lowest BCUT2D eigenvalue weighted by Crippen LogP contribution is -2.18. The van der Waals surface area contributed by atoms with Gasteiger partial charge < -0.3 is 9.84 Å². The van der Waals surface area contributed by atoms with E-state index in [-0.39, 0.29) is 0 Å². The van der Waals surface area contributed by atoms with Gasteiger partial charge in [-0.2, -0.15) is 0 Å². The van der Waals surface area contributed by atoms with E-state index in [1.54, 1.807) is 27.2 Å². The van der Waals surface area contributed by atoms with Crippen LogP contribution in [0.25, 0.3) is 0 Å². The van der Waals surface area contributed by atoms with Gasteiger partial charge >= 0.3 is 5.97 Å². The van der Waals surface area contributed by atoms with Gasteiger partial charge in [-0.25, -0.2) is 0 Å². The average Bonchev–Trinajstić information content (AvgIpc) is 2.47. The fraction of sp³-hybridized carbons (Fsp3) is 0.312. The molecule has 1 aromatic heterocycles. The number of carbonyl (C=O) groups is 1. The Morgan fingerprint density at radius 3 is 2.71 bits per heavy atom. The molecule has 21 heavy (non-hydrogen) atoms. The van der Waals surface area contributed by atoms with E-state index in [0.717, 1.165) is 5.56 Å². The maximum Gasteiger partial charge on any atom is 0.313 e. The Balaban J connectivity index is 2.40. The zero-order valence-corrected chi connectivity index (χ0v) is 12.3. The normalized spacial score (nSPS) is 12.0. The van der Waals surface area contributed by atoms with E-state index in [1.807, 2.05) is 24.3 Å². The first-order chi connectivity index (χ1) is 10.0. The van der Waals surface area contributed by atoms with Crippen LogP contribution in [0.4, 0.5) is 0 Å². The number of carboxylic acid groups (broad SMARTS) is 1. The molecule has 110 valence electrons. The Morgan fingerprint density at radius 1 is 1.33 bits per heavy atom. The largest absolute Gasteiger partial charge is 0.496 e. The lowest BCUT2D eigenvalue weighted by Gasteiger charge is -2.16. The molecular formula is C16H18N2O3. The number of aryl methyl sites for hydroxylation is 2. The number of hydrogen-bond donors (Lipinski definition) is 1. The fourth-order valence-electron chi connectivity index (χ4n) is 2.28. The lowest BCUT2D eigenvalue weighted by atomic mass is 9.94. The summed E-state index contributed by atoms with van der Waals surface area (Å²) in [7, 11) is 1.58. The number of methoxy groups -OCH3 is 1. The SMILES string of the molecule is COc1ccccc1CC(C(=O)O)c1nc(C)cnc1C. The van der Waals surface area contributed by atoms with Gasteiger partial charge in [0.2, 0.25) is 0 Å². The van der Waals surface area contributed by atoms with Crippen LogP contribution in [0.2, 0.25) is 0 Å². The Morgan fingerprint density at radius 2 is 2.05 bits per heavy atom. The van der Waals surface area contributed by atoms with Gasteiger partial charge in [0.25, 0.3) is 0 Å². The van der Waals surface area contributed by atoms with Gasteiger partial charge in [0, 0.05) is 6.20 Å². The van der Waals surface area contributed by atoms with Crippen molar-refractivity contribution in [2.75, 3.05) is 7.11 Å². The number of para-hydroxylation sites is 1. The molecule has 0 amide bonds.